The van der Waals surface area contributed by atoms with Gasteiger partial charge in [0, 0.05) is 43.0 Å². The molecule has 2 amide bonds. The van der Waals surface area contributed by atoms with Gasteiger partial charge in [0.2, 0.25) is 0 Å². The molecule has 0 radical (unpaired) electrons. The van der Waals surface area contributed by atoms with Crippen molar-refractivity contribution in [3.8, 4) is 11.1 Å². The zero-order valence-electron chi connectivity index (χ0n) is 22.3. The molecular formula is C29H37N3O5. The lowest BCUT2D eigenvalue weighted by Gasteiger charge is -2.34. The van der Waals surface area contributed by atoms with Crippen LogP contribution >= 0.6 is 0 Å². The number of fused-ring (bicyclic) bond motifs is 5. The second kappa shape index (κ2) is 11.4. The lowest BCUT2D eigenvalue weighted by atomic mass is 9.96. The van der Waals surface area contributed by atoms with Gasteiger partial charge in [-0.1, -0.05) is 49.4 Å². The molecule has 2 heterocycles. The largest absolute Gasteiger partial charge is 0.450 e. The quantitative estimate of drug-likeness (QED) is 0.557. The number of hydrogen-bond donors (Lipinski definition) is 1. The van der Waals surface area contributed by atoms with Crippen LogP contribution in [0.2, 0.25) is 0 Å². The predicted molar refractivity (Wildman–Crippen MR) is 143 cm³/mol. The first-order valence-corrected chi connectivity index (χ1v) is 12.8. The third-order valence-electron chi connectivity index (χ3n) is 7.26. The average molecular weight is 508 g/mol. The molecule has 0 fully saturated rings. The number of aliphatic hydroxyl groups is 1. The Morgan fingerprint density at radius 2 is 1.92 bits per heavy atom. The van der Waals surface area contributed by atoms with E-state index in [4.69, 9.17) is 9.47 Å². The molecule has 8 nitrogen and oxygen atoms in total. The number of aliphatic hydroxyl groups excluding tert-OH is 1. The summed E-state index contributed by atoms with van der Waals surface area (Å²) < 4.78 is 13.6. The number of benzene rings is 2. The molecule has 0 saturated carbocycles. The highest BCUT2D eigenvalue weighted by Crippen LogP contribution is 2.38. The SMILES string of the molecule is CCOC(=O)N(C)C[C@H]1OCc2ccccc2-c2c(n(C)c3ccccc23)C(=O)N([C@@H](C)CO)C[C@@H]1C. The fourth-order valence-electron chi connectivity index (χ4n) is 5.10. The van der Waals surface area contributed by atoms with Crippen molar-refractivity contribution >= 4 is 22.9 Å². The van der Waals surface area contributed by atoms with Crippen molar-refractivity contribution in [3.63, 3.8) is 0 Å². The summed E-state index contributed by atoms with van der Waals surface area (Å²) in [4.78, 5) is 29.9. The van der Waals surface area contributed by atoms with Gasteiger partial charge in [-0.3, -0.25) is 4.79 Å². The fourth-order valence-corrected chi connectivity index (χ4v) is 5.10. The minimum atomic E-state index is -0.413. The van der Waals surface area contributed by atoms with Crippen molar-refractivity contribution < 1.29 is 24.2 Å². The van der Waals surface area contributed by atoms with E-state index in [0.29, 0.717) is 32.0 Å². The van der Waals surface area contributed by atoms with Gasteiger partial charge in [0.05, 0.1) is 38.5 Å². The molecule has 4 rings (SSSR count). The van der Waals surface area contributed by atoms with Crippen molar-refractivity contribution in [2.45, 2.75) is 39.5 Å². The summed E-state index contributed by atoms with van der Waals surface area (Å²) in [7, 11) is 3.61. The molecule has 1 aliphatic rings. The van der Waals surface area contributed by atoms with E-state index in [1.807, 2.05) is 74.0 Å². The number of para-hydroxylation sites is 1. The smallest absolute Gasteiger partial charge is 0.409 e. The van der Waals surface area contributed by atoms with Gasteiger partial charge >= 0.3 is 6.09 Å². The van der Waals surface area contributed by atoms with Gasteiger partial charge in [-0.2, -0.15) is 0 Å². The molecule has 1 N–H and O–H groups in total. The molecule has 1 aliphatic heterocycles. The minimum absolute atomic E-state index is 0.127. The van der Waals surface area contributed by atoms with E-state index >= 15 is 0 Å². The number of nitrogens with zero attached hydrogens (tertiary/aromatic N) is 3. The summed E-state index contributed by atoms with van der Waals surface area (Å²) in [5.41, 5.74) is 4.32. The Hall–Kier alpha value is -3.36. The maximum atomic E-state index is 14.3. The van der Waals surface area contributed by atoms with Gasteiger partial charge in [-0.25, -0.2) is 4.79 Å². The summed E-state index contributed by atoms with van der Waals surface area (Å²) in [6, 6.07) is 15.6. The molecule has 3 aromatic rings. The van der Waals surface area contributed by atoms with Crippen LogP contribution in [0.4, 0.5) is 4.79 Å². The van der Waals surface area contributed by atoms with E-state index in [9.17, 15) is 14.7 Å². The van der Waals surface area contributed by atoms with Gasteiger partial charge in [-0.15, -0.1) is 0 Å². The molecule has 0 aliphatic carbocycles. The molecule has 0 unspecified atom stereocenters. The number of aryl methyl sites for hydroxylation is 1. The lowest BCUT2D eigenvalue weighted by molar-refractivity contribution is -0.0228. The maximum absolute atomic E-state index is 14.3. The maximum Gasteiger partial charge on any atom is 0.409 e. The number of likely N-dealkylation sites (N-methyl/N-ethyl adjacent to an activating group) is 1. The average Bonchev–Trinajstić information content (AvgIpc) is 3.20. The van der Waals surface area contributed by atoms with Crippen molar-refractivity contribution in [2.24, 2.45) is 13.0 Å². The molecule has 198 valence electrons. The topological polar surface area (TPSA) is 84.2 Å². The highest BCUT2D eigenvalue weighted by Gasteiger charge is 2.34. The molecule has 37 heavy (non-hydrogen) atoms. The number of amides is 2. The first-order valence-electron chi connectivity index (χ1n) is 12.8. The molecular weight excluding hydrogens is 470 g/mol. The summed E-state index contributed by atoms with van der Waals surface area (Å²) in [5.74, 6) is -0.269. The highest BCUT2D eigenvalue weighted by atomic mass is 16.6. The third-order valence-corrected chi connectivity index (χ3v) is 7.26. The molecule has 8 heteroatoms. The molecule has 0 spiro atoms. The van der Waals surface area contributed by atoms with Crippen LogP contribution in [0.3, 0.4) is 0 Å². The minimum Gasteiger partial charge on any atom is -0.450 e. The van der Waals surface area contributed by atoms with Crippen molar-refractivity contribution in [1.82, 2.24) is 14.4 Å². The summed E-state index contributed by atoms with van der Waals surface area (Å²) >= 11 is 0. The Labute approximate surface area is 218 Å². The van der Waals surface area contributed by atoms with Crippen molar-refractivity contribution in [1.29, 1.82) is 0 Å². The van der Waals surface area contributed by atoms with Gasteiger partial charge in [-0.05, 0) is 31.0 Å². The van der Waals surface area contributed by atoms with Crippen LogP contribution < -0.4 is 0 Å². The number of aromatic nitrogens is 1. The van der Waals surface area contributed by atoms with Gasteiger partial charge in [0.1, 0.15) is 5.69 Å². The normalized spacial score (nSPS) is 19.1. The fraction of sp³-hybridized carbons (Fsp3) is 0.448. The van der Waals surface area contributed by atoms with Gasteiger partial charge < -0.3 is 28.9 Å². The van der Waals surface area contributed by atoms with Crippen LogP contribution in [-0.2, 0) is 23.1 Å². The van der Waals surface area contributed by atoms with Gasteiger partial charge in [0.15, 0.2) is 0 Å². The molecule has 3 atom stereocenters. The molecule has 2 aromatic carbocycles. The number of carbonyl (C=O) groups excluding carboxylic acids is 2. The summed E-state index contributed by atoms with van der Waals surface area (Å²) in [6.45, 7) is 6.76. The Morgan fingerprint density at radius 1 is 1.22 bits per heavy atom. The highest BCUT2D eigenvalue weighted by molar-refractivity contribution is 6.10. The summed E-state index contributed by atoms with van der Waals surface area (Å²) in [5, 5.41) is 11.1. The zero-order valence-corrected chi connectivity index (χ0v) is 22.3. The Bertz CT molecular complexity index is 1270. The summed E-state index contributed by atoms with van der Waals surface area (Å²) in [6.07, 6.45) is -0.773. The Morgan fingerprint density at radius 3 is 2.65 bits per heavy atom. The van der Waals surface area contributed by atoms with Crippen LogP contribution in [-0.4, -0.2) is 77.0 Å². The molecule has 0 saturated heterocycles. The van der Waals surface area contributed by atoms with Crippen molar-refractivity contribution in [2.75, 3.05) is 33.4 Å². The lowest BCUT2D eigenvalue weighted by Crippen LogP contribution is -2.48. The second-order valence-corrected chi connectivity index (χ2v) is 9.85. The monoisotopic (exact) mass is 507 g/mol. The van der Waals surface area contributed by atoms with Crippen LogP contribution in [0, 0.1) is 5.92 Å². The van der Waals surface area contributed by atoms with Gasteiger partial charge in [0.25, 0.3) is 5.91 Å². The molecule has 0 bridgehead atoms. The number of ether oxygens (including phenoxy) is 2. The van der Waals surface area contributed by atoms with E-state index in [1.54, 1.807) is 18.9 Å². The van der Waals surface area contributed by atoms with E-state index in [1.165, 1.54) is 4.90 Å². The second-order valence-electron chi connectivity index (χ2n) is 9.85. The van der Waals surface area contributed by atoms with Crippen LogP contribution in [0.15, 0.2) is 48.5 Å². The van der Waals surface area contributed by atoms with E-state index in [-0.39, 0.29) is 24.5 Å². The van der Waals surface area contributed by atoms with Crippen molar-refractivity contribution in [3.05, 3.63) is 59.8 Å². The Kier molecular flexibility index (Phi) is 8.19. The standard InChI is InChI=1S/C29H37N3O5/c1-6-36-29(35)30(4)16-25-19(2)15-32(20(3)17-33)28(34)27-26(22-12-8-7-11-21(22)18-37-25)23-13-9-10-14-24(23)31(27)5/h7-14,19-20,25,33H,6,15-18H2,1-5H3/t19-,20-,25+/m0/s1. The first kappa shape index (κ1) is 26.7. The number of carbonyl (C=O) groups is 2. The first-order chi connectivity index (χ1) is 17.8. The molecule has 1 aromatic heterocycles. The zero-order chi connectivity index (χ0) is 26.7. The third kappa shape index (κ3) is 5.22. The van der Waals surface area contributed by atoms with Crippen LogP contribution in [0.5, 0.6) is 0 Å². The van der Waals surface area contributed by atoms with E-state index in [2.05, 4.69) is 0 Å². The number of hydrogen-bond acceptors (Lipinski definition) is 5. The van der Waals surface area contributed by atoms with E-state index in [0.717, 1.165) is 27.6 Å². The van der Waals surface area contributed by atoms with Crippen LogP contribution in [0.1, 0.15) is 36.8 Å². The van der Waals surface area contributed by atoms with Crippen LogP contribution in [0.25, 0.3) is 22.0 Å². The Balaban J connectivity index is 1.87. The number of rotatable bonds is 5. The van der Waals surface area contributed by atoms with E-state index < -0.39 is 12.1 Å². The predicted octanol–water partition coefficient (Wildman–Crippen LogP) is 4.29.